The molecule has 0 bridgehead atoms. The normalized spacial score (nSPS) is 24.9. The zero-order chi connectivity index (χ0) is 19.6. The van der Waals surface area contributed by atoms with Crippen molar-refractivity contribution in [3.05, 3.63) is 23.8 Å². The van der Waals surface area contributed by atoms with Gasteiger partial charge in [-0.05, 0) is 49.8 Å². The molecule has 2 aliphatic rings. The lowest BCUT2D eigenvalue weighted by Crippen LogP contribution is -2.49. The summed E-state index contributed by atoms with van der Waals surface area (Å²) >= 11 is 0. The van der Waals surface area contributed by atoms with Crippen LogP contribution in [0.4, 0.5) is 4.79 Å². The highest BCUT2D eigenvalue weighted by Gasteiger charge is 2.52. The summed E-state index contributed by atoms with van der Waals surface area (Å²) < 4.78 is 10.4. The van der Waals surface area contributed by atoms with E-state index in [9.17, 15) is 14.4 Å². The van der Waals surface area contributed by atoms with E-state index in [4.69, 9.17) is 9.47 Å². The van der Waals surface area contributed by atoms with Gasteiger partial charge in [-0.2, -0.15) is 0 Å². The number of carbonyl (C=O) groups excluding carboxylic acids is 3. The molecule has 0 aromatic heterocycles. The van der Waals surface area contributed by atoms with Crippen molar-refractivity contribution in [1.29, 1.82) is 0 Å². The first-order valence-electron chi connectivity index (χ1n) is 9.33. The Kier molecular flexibility index (Phi) is 5.39. The van der Waals surface area contributed by atoms with Gasteiger partial charge in [-0.3, -0.25) is 14.5 Å². The van der Waals surface area contributed by atoms with Crippen LogP contribution in [0.5, 0.6) is 11.5 Å². The van der Waals surface area contributed by atoms with Crippen molar-refractivity contribution in [2.24, 2.45) is 5.92 Å². The number of nitrogens with one attached hydrogen (secondary N) is 1. The molecule has 1 aromatic carbocycles. The summed E-state index contributed by atoms with van der Waals surface area (Å²) in [5.74, 6) is 0.933. The third-order valence-electron chi connectivity index (χ3n) is 5.79. The van der Waals surface area contributed by atoms with Crippen LogP contribution in [0.2, 0.25) is 0 Å². The first kappa shape index (κ1) is 19.2. The fourth-order valence-corrected chi connectivity index (χ4v) is 3.98. The van der Waals surface area contributed by atoms with E-state index >= 15 is 0 Å². The topological polar surface area (TPSA) is 84.9 Å². The standard InChI is InChI=1S/C20H26N2O5/c1-4-13-7-9-20(10-8-13)18(24)22(19(25)21-20)12-15(23)14-5-6-16(26-2)17(11-14)27-3/h5-6,11,13H,4,7-10,12H2,1-3H3,(H,21,25). The van der Waals surface area contributed by atoms with Crippen molar-refractivity contribution in [3.8, 4) is 11.5 Å². The predicted octanol–water partition coefficient (Wildman–Crippen LogP) is 2.78. The third kappa shape index (κ3) is 3.50. The Morgan fingerprint density at radius 1 is 1.19 bits per heavy atom. The number of ketones is 1. The minimum absolute atomic E-state index is 0.279. The molecule has 1 spiro atoms. The van der Waals surface area contributed by atoms with E-state index in [0.717, 1.165) is 24.2 Å². The highest BCUT2D eigenvalue weighted by atomic mass is 16.5. The van der Waals surface area contributed by atoms with E-state index in [1.54, 1.807) is 18.2 Å². The van der Waals surface area contributed by atoms with Crippen LogP contribution < -0.4 is 14.8 Å². The van der Waals surface area contributed by atoms with Crippen LogP contribution in [0.25, 0.3) is 0 Å². The lowest BCUT2D eigenvalue weighted by Gasteiger charge is -2.34. The molecule has 2 fully saturated rings. The minimum atomic E-state index is -0.833. The summed E-state index contributed by atoms with van der Waals surface area (Å²) in [6, 6.07) is 4.31. The molecule has 1 aromatic rings. The average molecular weight is 374 g/mol. The Bertz CT molecular complexity index is 753. The van der Waals surface area contributed by atoms with Crippen molar-refractivity contribution in [3.63, 3.8) is 0 Å². The Morgan fingerprint density at radius 2 is 1.85 bits per heavy atom. The zero-order valence-corrected chi connectivity index (χ0v) is 16.0. The van der Waals surface area contributed by atoms with Crippen molar-refractivity contribution in [1.82, 2.24) is 10.2 Å². The van der Waals surface area contributed by atoms with Gasteiger partial charge in [0.15, 0.2) is 17.3 Å². The van der Waals surface area contributed by atoms with E-state index in [0.29, 0.717) is 35.8 Å². The summed E-state index contributed by atoms with van der Waals surface area (Å²) in [4.78, 5) is 39.0. The summed E-state index contributed by atoms with van der Waals surface area (Å²) in [5, 5.41) is 2.85. The molecule has 1 aliphatic heterocycles. The van der Waals surface area contributed by atoms with Crippen LogP contribution >= 0.6 is 0 Å². The fourth-order valence-electron chi connectivity index (χ4n) is 3.98. The molecule has 7 nitrogen and oxygen atoms in total. The van der Waals surface area contributed by atoms with Gasteiger partial charge in [-0.15, -0.1) is 0 Å². The molecule has 1 saturated carbocycles. The monoisotopic (exact) mass is 374 g/mol. The van der Waals surface area contributed by atoms with Crippen molar-refractivity contribution >= 4 is 17.7 Å². The number of nitrogens with zero attached hydrogens (tertiary/aromatic N) is 1. The molecule has 1 aliphatic carbocycles. The van der Waals surface area contributed by atoms with Gasteiger partial charge in [0.05, 0.1) is 20.8 Å². The molecular formula is C20H26N2O5. The summed E-state index contributed by atoms with van der Waals surface area (Å²) in [5.41, 5.74) is -0.468. The number of urea groups is 1. The number of amides is 3. The maximum absolute atomic E-state index is 12.9. The second kappa shape index (κ2) is 7.58. The Balaban J connectivity index is 1.73. The number of ether oxygens (including phenoxy) is 2. The third-order valence-corrected chi connectivity index (χ3v) is 5.79. The van der Waals surface area contributed by atoms with E-state index in [2.05, 4.69) is 12.2 Å². The van der Waals surface area contributed by atoms with Crippen LogP contribution in [0.3, 0.4) is 0 Å². The van der Waals surface area contributed by atoms with Gasteiger partial charge in [-0.25, -0.2) is 4.79 Å². The second-order valence-corrected chi connectivity index (χ2v) is 7.25. The number of benzene rings is 1. The van der Waals surface area contributed by atoms with E-state index < -0.39 is 11.6 Å². The Morgan fingerprint density at radius 3 is 2.44 bits per heavy atom. The maximum atomic E-state index is 12.9. The zero-order valence-electron chi connectivity index (χ0n) is 16.0. The molecular weight excluding hydrogens is 348 g/mol. The van der Waals surface area contributed by atoms with Gasteiger partial charge in [0.1, 0.15) is 5.54 Å². The number of imide groups is 1. The van der Waals surface area contributed by atoms with Crippen LogP contribution in [0, 0.1) is 5.92 Å². The van der Waals surface area contributed by atoms with Gasteiger partial charge in [0.25, 0.3) is 5.91 Å². The van der Waals surface area contributed by atoms with Crippen molar-refractivity contribution in [2.45, 2.75) is 44.6 Å². The van der Waals surface area contributed by atoms with Gasteiger partial charge in [-0.1, -0.05) is 13.3 Å². The molecule has 0 atom stereocenters. The van der Waals surface area contributed by atoms with E-state index in [-0.39, 0.29) is 18.2 Å². The smallest absolute Gasteiger partial charge is 0.325 e. The maximum Gasteiger partial charge on any atom is 0.325 e. The molecule has 1 saturated heterocycles. The highest BCUT2D eigenvalue weighted by Crippen LogP contribution is 2.37. The molecule has 27 heavy (non-hydrogen) atoms. The lowest BCUT2D eigenvalue weighted by molar-refractivity contribution is -0.132. The molecule has 1 N–H and O–H groups in total. The van der Waals surface area contributed by atoms with Crippen molar-refractivity contribution in [2.75, 3.05) is 20.8 Å². The predicted molar refractivity (Wildman–Crippen MR) is 99.1 cm³/mol. The van der Waals surface area contributed by atoms with E-state index in [1.165, 1.54) is 14.2 Å². The molecule has 0 unspecified atom stereocenters. The van der Waals surface area contributed by atoms with Crippen LogP contribution in [0.1, 0.15) is 49.4 Å². The number of hydrogen-bond acceptors (Lipinski definition) is 5. The first-order chi connectivity index (χ1) is 12.9. The number of methoxy groups -OCH3 is 2. The number of carbonyl (C=O) groups is 3. The van der Waals surface area contributed by atoms with Crippen LogP contribution in [0.15, 0.2) is 18.2 Å². The average Bonchev–Trinajstić information content (AvgIpc) is 2.92. The minimum Gasteiger partial charge on any atom is -0.493 e. The molecule has 0 radical (unpaired) electrons. The van der Waals surface area contributed by atoms with Crippen LogP contribution in [-0.2, 0) is 4.79 Å². The van der Waals surface area contributed by atoms with Crippen LogP contribution in [-0.4, -0.2) is 48.9 Å². The Labute approximate surface area is 159 Å². The molecule has 3 amide bonds. The van der Waals surface area contributed by atoms with Gasteiger partial charge < -0.3 is 14.8 Å². The summed E-state index contributed by atoms with van der Waals surface area (Å²) in [7, 11) is 3.00. The van der Waals surface area contributed by atoms with Gasteiger partial charge in [0.2, 0.25) is 0 Å². The molecule has 3 rings (SSSR count). The Hall–Kier alpha value is -2.57. The fraction of sp³-hybridized carbons (Fsp3) is 0.550. The van der Waals surface area contributed by atoms with Gasteiger partial charge in [0, 0.05) is 5.56 Å². The largest absolute Gasteiger partial charge is 0.493 e. The molecule has 7 heteroatoms. The highest BCUT2D eigenvalue weighted by molar-refractivity contribution is 6.11. The number of Topliss-reactive ketones (excluding diaryl/α,β-unsaturated/α-hetero) is 1. The lowest BCUT2D eigenvalue weighted by atomic mass is 9.75. The SMILES string of the molecule is CCC1CCC2(CC1)NC(=O)N(CC(=O)c1ccc(OC)c(OC)c1)C2=O. The number of rotatable bonds is 6. The molecule has 146 valence electrons. The summed E-state index contributed by atoms with van der Waals surface area (Å²) in [6.07, 6.45) is 4.19. The first-order valence-corrected chi connectivity index (χ1v) is 9.33. The number of hydrogen-bond donors (Lipinski definition) is 1. The summed E-state index contributed by atoms with van der Waals surface area (Å²) in [6.45, 7) is 1.87. The van der Waals surface area contributed by atoms with Crippen molar-refractivity contribution < 1.29 is 23.9 Å². The quantitative estimate of drug-likeness (QED) is 0.611. The molecule has 1 heterocycles. The van der Waals surface area contributed by atoms with E-state index in [1.807, 2.05) is 0 Å². The van der Waals surface area contributed by atoms with Gasteiger partial charge >= 0.3 is 6.03 Å². The second-order valence-electron chi connectivity index (χ2n) is 7.25.